The van der Waals surface area contributed by atoms with Crippen LogP contribution < -0.4 is 5.73 Å². The number of piperazine rings is 1. The third-order valence-corrected chi connectivity index (χ3v) is 4.11. The van der Waals surface area contributed by atoms with E-state index in [4.69, 9.17) is 10.8 Å². The molecule has 2 heterocycles. The van der Waals surface area contributed by atoms with E-state index in [2.05, 4.69) is 21.7 Å². The van der Waals surface area contributed by atoms with Crippen molar-refractivity contribution in [3.8, 4) is 0 Å². The smallest absolute Gasteiger partial charge is 0.305 e. The molecule has 0 aromatic carbocycles. The fourth-order valence-electron chi connectivity index (χ4n) is 2.28. The van der Waals surface area contributed by atoms with Gasteiger partial charge in [-0.3, -0.25) is 14.5 Å². The zero-order chi connectivity index (χ0) is 14.5. The molecule has 1 fully saturated rings. The van der Waals surface area contributed by atoms with Crippen LogP contribution in [0.4, 0.5) is 0 Å². The molecule has 0 radical (unpaired) electrons. The van der Waals surface area contributed by atoms with Gasteiger partial charge in [-0.15, -0.1) is 0 Å². The number of hydrogen-bond acceptors (Lipinski definition) is 5. The first-order valence-electron chi connectivity index (χ1n) is 6.56. The lowest BCUT2D eigenvalue weighted by Crippen LogP contribution is -2.53. The molecule has 1 unspecified atom stereocenters. The summed E-state index contributed by atoms with van der Waals surface area (Å²) in [7, 11) is 0. The van der Waals surface area contributed by atoms with E-state index in [1.165, 1.54) is 5.56 Å². The van der Waals surface area contributed by atoms with E-state index in [9.17, 15) is 9.59 Å². The number of carbonyl (C=O) groups excluding carboxylic acids is 1. The van der Waals surface area contributed by atoms with E-state index in [1.807, 2.05) is 0 Å². The van der Waals surface area contributed by atoms with Gasteiger partial charge in [-0.05, 0) is 22.4 Å². The number of carbonyl (C=O) groups is 2. The van der Waals surface area contributed by atoms with Gasteiger partial charge in [-0.2, -0.15) is 11.3 Å². The number of carboxylic acid groups (broad SMARTS) is 1. The lowest BCUT2D eigenvalue weighted by atomic mass is 10.1. The highest BCUT2D eigenvalue weighted by Gasteiger charge is 2.26. The largest absolute Gasteiger partial charge is 0.481 e. The first-order chi connectivity index (χ1) is 9.56. The molecule has 0 aliphatic carbocycles. The van der Waals surface area contributed by atoms with E-state index < -0.39 is 12.0 Å². The monoisotopic (exact) mass is 297 g/mol. The standard InChI is InChI=1S/C13H19N3O3S/c14-11(7-12(17)18)13(19)16-4-2-15(3-5-16)8-10-1-6-20-9-10/h1,6,9,11H,2-5,7-8,14H2,(H,17,18). The molecule has 0 saturated carbocycles. The topological polar surface area (TPSA) is 86.9 Å². The summed E-state index contributed by atoms with van der Waals surface area (Å²) >= 11 is 1.68. The van der Waals surface area contributed by atoms with Gasteiger partial charge >= 0.3 is 5.97 Å². The van der Waals surface area contributed by atoms with Crippen LogP contribution in [0.15, 0.2) is 16.8 Å². The van der Waals surface area contributed by atoms with Crippen molar-refractivity contribution in [3.63, 3.8) is 0 Å². The Bertz CT molecular complexity index is 455. The second kappa shape index (κ2) is 6.83. The minimum Gasteiger partial charge on any atom is -0.481 e. The number of nitrogens with zero attached hydrogens (tertiary/aromatic N) is 2. The van der Waals surface area contributed by atoms with Gasteiger partial charge in [-0.25, -0.2) is 0 Å². The molecule has 6 nitrogen and oxygen atoms in total. The van der Waals surface area contributed by atoms with Gasteiger partial charge in [0, 0.05) is 32.7 Å². The molecular weight excluding hydrogens is 278 g/mol. The molecule has 20 heavy (non-hydrogen) atoms. The maximum Gasteiger partial charge on any atom is 0.305 e. The fourth-order valence-corrected chi connectivity index (χ4v) is 2.94. The van der Waals surface area contributed by atoms with Crippen molar-refractivity contribution in [3.05, 3.63) is 22.4 Å². The molecule has 110 valence electrons. The van der Waals surface area contributed by atoms with Crippen molar-refractivity contribution in [2.75, 3.05) is 26.2 Å². The van der Waals surface area contributed by atoms with E-state index in [0.29, 0.717) is 13.1 Å². The first kappa shape index (κ1) is 15.0. The van der Waals surface area contributed by atoms with Crippen molar-refractivity contribution < 1.29 is 14.7 Å². The van der Waals surface area contributed by atoms with E-state index in [1.54, 1.807) is 16.2 Å². The summed E-state index contributed by atoms with van der Waals surface area (Å²) in [6, 6.07) is 1.17. The molecule has 3 N–H and O–H groups in total. The van der Waals surface area contributed by atoms with Gasteiger partial charge in [0.25, 0.3) is 0 Å². The van der Waals surface area contributed by atoms with Crippen LogP contribution in [0.3, 0.4) is 0 Å². The van der Waals surface area contributed by atoms with Gasteiger partial charge in [0.1, 0.15) is 0 Å². The molecule has 0 spiro atoms. The Labute approximate surface area is 121 Å². The van der Waals surface area contributed by atoms with Crippen molar-refractivity contribution in [1.82, 2.24) is 9.80 Å². The van der Waals surface area contributed by atoms with E-state index in [0.717, 1.165) is 19.6 Å². The summed E-state index contributed by atoms with van der Waals surface area (Å²) in [5.74, 6) is -1.30. The van der Waals surface area contributed by atoms with Gasteiger partial charge in [0.2, 0.25) is 5.91 Å². The number of thiophene rings is 1. The number of rotatable bonds is 5. The molecule has 1 aromatic rings. The Morgan fingerprint density at radius 1 is 1.35 bits per heavy atom. The zero-order valence-corrected chi connectivity index (χ0v) is 12.0. The maximum atomic E-state index is 12.0. The van der Waals surface area contributed by atoms with Crippen LogP contribution >= 0.6 is 11.3 Å². The number of hydrogen-bond donors (Lipinski definition) is 2. The van der Waals surface area contributed by atoms with Crippen molar-refractivity contribution in [2.45, 2.75) is 19.0 Å². The SMILES string of the molecule is NC(CC(=O)O)C(=O)N1CCN(Cc2ccsc2)CC1. The number of amides is 1. The molecular formula is C13H19N3O3S. The normalized spacial score (nSPS) is 17.9. The molecule has 1 aliphatic rings. The minimum atomic E-state index is -1.04. The van der Waals surface area contributed by atoms with Gasteiger partial charge < -0.3 is 15.7 Å². The van der Waals surface area contributed by atoms with Crippen LogP contribution in [0.2, 0.25) is 0 Å². The van der Waals surface area contributed by atoms with Gasteiger partial charge in [-0.1, -0.05) is 0 Å². The molecule has 1 aromatic heterocycles. The second-order valence-corrected chi connectivity index (χ2v) is 5.72. The predicted molar refractivity (Wildman–Crippen MR) is 76.4 cm³/mol. The third-order valence-electron chi connectivity index (χ3n) is 3.38. The molecule has 1 amide bonds. The Morgan fingerprint density at radius 2 is 2.05 bits per heavy atom. The number of aliphatic carboxylic acids is 1. The highest BCUT2D eigenvalue weighted by Crippen LogP contribution is 2.12. The zero-order valence-electron chi connectivity index (χ0n) is 11.2. The van der Waals surface area contributed by atoms with Crippen LogP contribution in [0, 0.1) is 0 Å². The van der Waals surface area contributed by atoms with Gasteiger partial charge in [0.15, 0.2) is 0 Å². The van der Waals surface area contributed by atoms with E-state index in [-0.39, 0.29) is 12.3 Å². The summed E-state index contributed by atoms with van der Waals surface area (Å²) in [6.45, 7) is 3.70. The molecule has 1 aliphatic heterocycles. The predicted octanol–water partition coefficient (Wildman–Crippen LogP) is 0.194. The second-order valence-electron chi connectivity index (χ2n) is 4.94. The number of nitrogens with two attached hydrogens (primary N) is 1. The highest BCUT2D eigenvalue weighted by molar-refractivity contribution is 7.07. The molecule has 1 saturated heterocycles. The number of carboxylic acids is 1. The Balaban J connectivity index is 1.78. The van der Waals surface area contributed by atoms with Crippen molar-refractivity contribution >= 4 is 23.2 Å². The molecule has 7 heteroatoms. The Kier molecular flexibility index (Phi) is 5.11. The summed E-state index contributed by atoms with van der Waals surface area (Å²) < 4.78 is 0. The van der Waals surface area contributed by atoms with Crippen LogP contribution in [0.1, 0.15) is 12.0 Å². The third kappa shape index (κ3) is 4.03. The average molecular weight is 297 g/mol. The Morgan fingerprint density at radius 3 is 2.60 bits per heavy atom. The minimum absolute atomic E-state index is 0.261. The lowest BCUT2D eigenvalue weighted by molar-refractivity contribution is -0.142. The lowest BCUT2D eigenvalue weighted by Gasteiger charge is -2.35. The average Bonchev–Trinajstić information content (AvgIpc) is 2.91. The first-order valence-corrected chi connectivity index (χ1v) is 7.50. The van der Waals surface area contributed by atoms with Crippen LogP contribution in [-0.4, -0.2) is 59.0 Å². The van der Waals surface area contributed by atoms with Gasteiger partial charge in [0.05, 0.1) is 12.5 Å². The van der Waals surface area contributed by atoms with Crippen LogP contribution in [-0.2, 0) is 16.1 Å². The van der Waals surface area contributed by atoms with E-state index >= 15 is 0 Å². The summed E-state index contributed by atoms with van der Waals surface area (Å²) in [5.41, 5.74) is 6.90. The summed E-state index contributed by atoms with van der Waals surface area (Å²) in [6.07, 6.45) is -0.312. The highest BCUT2D eigenvalue weighted by atomic mass is 32.1. The van der Waals surface area contributed by atoms with Crippen molar-refractivity contribution in [2.24, 2.45) is 5.73 Å². The molecule has 2 rings (SSSR count). The fraction of sp³-hybridized carbons (Fsp3) is 0.538. The van der Waals surface area contributed by atoms with Crippen LogP contribution in [0.25, 0.3) is 0 Å². The molecule has 1 atom stereocenters. The maximum absolute atomic E-state index is 12.0. The summed E-state index contributed by atoms with van der Waals surface area (Å²) in [5, 5.41) is 12.8. The quantitative estimate of drug-likeness (QED) is 0.810. The van der Waals surface area contributed by atoms with Crippen molar-refractivity contribution in [1.29, 1.82) is 0 Å². The summed E-state index contributed by atoms with van der Waals surface area (Å²) in [4.78, 5) is 26.5. The Hall–Kier alpha value is -1.44. The molecule has 0 bridgehead atoms. The van der Waals surface area contributed by atoms with Crippen LogP contribution in [0.5, 0.6) is 0 Å².